The van der Waals surface area contributed by atoms with Crippen molar-refractivity contribution in [1.82, 2.24) is 0 Å². The average molecular weight is 230 g/mol. The summed E-state index contributed by atoms with van der Waals surface area (Å²) >= 11 is 0. The Bertz CT molecular complexity index is 314. The van der Waals surface area contributed by atoms with Gasteiger partial charge in [0.2, 0.25) is 0 Å². The molecule has 1 heterocycles. The van der Waals surface area contributed by atoms with Gasteiger partial charge in [-0.25, -0.2) is 4.57 Å². The molecule has 2 fully saturated rings. The largest absolute Gasteiger partial charge is 0.474 e. The number of phosphoric acid groups is 1. The lowest BCUT2D eigenvalue weighted by Gasteiger charge is -2.23. The minimum absolute atomic E-state index is 0.464. The minimum Gasteiger partial charge on any atom is -0.290 e. The fourth-order valence-corrected chi connectivity index (χ4v) is 4.01. The van der Waals surface area contributed by atoms with Gasteiger partial charge in [-0.2, -0.15) is 0 Å². The lowest BCUT2D eigenvalue weighted by Crippen LogP contribution is -2.24. The van der Waals surface area contributed by atoms with E-state index in [-0.39, 0.29) is 0 Å². The van der Waals surface area contributed by atoms with E-state index in [1.54, 1.807) is 0 Å². The van der Waals surface area contributed by atoms with Gasteiger partial charge in [0.25, 0.3) is 0 Å². The highest BCUT2D eigenvalue weighted by Crippen LogP contribution is 2.57. The van der Waals surface area contributed by atoms with Crippen molar-refractivity contribution in [2.75, 3.05) is 20.3 Å². The van der Waals surface area contributed by atoms with Crippen LogP contribution < -0.4 is 0 Å². The molecule has 5 heteroatoms. The molecule has 84 valence electrons. The van der Waals surface area contributed by atoms with Crippen molar-refractivity contribution in [2.24, 2.45) is 23.7 Å². The first-order valence-corrected chi connectivity index (χ1v) is 6.81. The summed E-state index contributed by atoms with van der Waals surface area (Å²) in [6.45, 7) is 1.00. The van der Waals surface area contributed by atoms with Gasteiger partial charge in [-0.05, 0) is 30.1 Å². The second-order valence-corrected chi connectivity index (χ2v) is 6.27. The second kappa shape index (κ2) is 3.42. The third-order valence-corrected chi connectivity index (χ3v) is 5.25. The van der Waals surface area contributed by atoms with Gasteiger partial charge in [-0.1, -0.05) is 12.2 Å². The lowest BCUT2D eigenvalue weighted by atomic mass is 9.84. The van der Waals surface area contributed by atoms with Crippen LogP contribution in [0.25, 0.3) is 0 Å². The quantitative estimate of drug-likeness (QED) is 0.511. The molecule has 2 aliphatic carbocycles. The molecule has 3 rings (SSSR count). The molecule has 4 nitrogen and oxygen atoms in total. The standard InChI is InChI=1S/C10H15O4P/c1-12-15(11)13-5-9-7-2-3-8(4-7)10(9)6-14-15/h2-3,7-10H,4-6H2,1H3/t7-,8?,9-,10+,15?/m1/s1. The van der Waals surface area contributed by atoms with E-state index < -0.39 is 7.82 Å². The van der Waals surface area contributed by atoms with Crippen molar-refractivity contribution in [2.45, 2.75) is 6.42 Å². The maximum atomic E-state index is 11.8. The number of rotatable bonds is 1. The molecular weight excluding hydrogens is 215 g/mol. The van der Waals surface area contributed by atoms with E-state index in [0.29, 0.717) is 36.9 Å². The summed E-state index contributed by atoms with van der Waals surface area (Å²) in [6.07, 6.45) is 5.73. The van der Waals surface area contributed by atoms with Gasteiger partial charge in [0.1, 0.15) is 0 Å². The molecule has 1 saturated carbocycles. The summed E-state index contributed by atoms with van der Waals surface area (Å²) in [5.74, 6) is 2.11. The summed E-state index contributed by atoms with van der Waals surface area (Å²) < 4.78 is 27.2. The Balaban J connectivity index is 1.80. The van der Waals surface area contributed by atoms with E-state index in [4.69, 9.17) is 13.6 Å². The Morgan fingerprint density at radius 1 is 1.20 bits per heavy atom. The number of phosphoric ester groups is 1. The molecule has 0 aromatic carbocycles. The Labute approximate surface area is 89.2 Å². The van der Waals surface area contributed by atoms with Crippen molar-refractivity contribution >= 4 is 7.82 Å². The second-order valence-electron chi connectivity index (χ2n) is 4.50. The highest BCUT2D eigenvalue weighted by atomic mass is 31.2. The van der Waals surface area contributed by atoms with Crippen LogP contribution in [-0.2, 0) is 18.1 Å². The third kappa shape index (κ3) is 1.51. The fraction of sp³-hybridized carbons (Fsp3) is 0.800. The molecular formula is C10H15O4P. The van der Waals surface area contributed by atoms with Crippen LogP contribution in [-0.4, -0.2) is 20.3 Å². The molecule has 0 amide bonds. The Hall–Kier alpha value is -0.150. The van der Waals surface area contributed by atoms with E-state index >= 15 is 0 Å². The van der Waals surface area contributed by atoms with Crippen molar-refractivity contribution in [1.29, 1.82) is 0 Å². The van der Waals surface area contributed by atoms with Gasteiger partial charge in [0.15, 0.2) is 0 Å². The zero-order valence-electron chi connectivity index (χ0n) is 8.67. The highest BCUT2D eigenvalue weighted by molar-refractivity contribution is 7.48. The maximum absolute atomic E-state index is 11.8. The first kappa shape index (κ1) is 10.0. The molecule has 0 aromatic heterocycles. The minimum atomic E-state index is -3.24. The number of hydrogen-bond acceptors (Lipinski definition) is 4. The van der Waals surface area contributed by atoms with Crippen LogP contribution in [0.15, 0.2) is 12.2 Å². The monoisotopic (exact) mass is 230 g/mol. The molecule has 0 aromatic rings. The van der Waals surface area contributed by atoms with Gasteiger partial charge in [-0.15, -0.1) is 0 Å². The fourth-order valence-electron chi connectivity index (χ4n) is 3.02. The van der Waals surface area contributed by atoms with Crippen molar-refractivity contribution < 1.29 is 18.1 Å². The predicted molar refractivity (Wildman–Crippen MR) is 54.2 cm³/mol. The SMILES string of the molecule is COP1(=O)OC[C@@H]2[C@@H]3C=CC(C3)[C@@H]2CO1. The normalized spacial score (nSPS) is 52.9. The molecule has 3 aliphatic rings. The molecule has 1 saturated heterocycles. The van der Waals surface area contributed by atoms with Crippen molar-refractivity contribution in [3.8, 4) is 0 Å². The van der Waals surface area contributed by atoms with E-state index in [1.807, 2.05) is 0 Å². The average Bonchev–Trinajstić information content (AvgIpc) is 2.79. The molecule has 0 N–H and O–H groups in total. The summed E-state index contributed by atoms with van der Waals surface area (Å²) in [5, 5.41) is 0. The van der Waals surface area contributed by atoms with Crippen LogP contribution in [0.1, 0.15) is 6.42 Å². The van der Waals surface area contributed by atoms with Crippen LogP contribution in [0.3, 0.4) is 0 Å². The Morgan fingerprint density at radius 2 is 1.73 bits per heavy atom. The van der Waals surface area contributed by atoms with Crippen molar-refractivity contribution in [3.63, 3.8) is 0 Å². The smallest absolute Gasteiger partial charge is 0.290 e. The Kier molecular flexibility index (Phi) is 2.29. The molecule has 5 atom stereocenters. The van der Waals surface area contributed by atoms with Crippen LogP contribution >= 0.6 is 7.82 Å². The van der Waals surface area contributed by atoms with Gasteiger partial charge in [0.05, 0.1) is 13.2 Å². The lowest BCUT2D eigenvalue weighted by molar-refractivity contribution is 0.143. The number of allylic oxidation sites excluding steroid dienone is 2. The molecule has 0 radical (unpaired) electrons. The first-order valence-electron chi connectivity index (χ1n) is 5.35. The van der Waals surface area contributed by atoms with E-state index in [1.165, 1.54) is 13.5 Å². The molecule has 2 bridgehead atoms. The summed E-state index contributed by atoms with van der Waals surface area (Å²) in [4.78, 5) is 0. The zero-order chi connectivity index (χ0) is 10.5. The molecule has 2 unspecified atom stereocenters. The van der Waals surface area contributed by atoms with Gasteiger partial charge < -0.3 is 0 Å². The summed E-state index contributed by atoms with van der Waals surface area (Å²) in [7, 11) is -1.87. The Morgan fingerprint density at radius 3 is 2.20 bits per heavy atom. The molecule has 0 spiro atoms. The maximum Gasteiger partial charge on any atom is 0.474 e. The zero-order valence-corrected chi connectivity index (χ0v) is 9.56. The van der Waals surface area contributed by atoms with Gasteiger partial charge >= 0.3 is 7.82 Å². The van der Waals surface area contributed by atoms with Crippen LogP contribution in [0.4, 0.5) is 0 Å². The highest BCUT2D eigenvalue weighted by Gasteiger charge is 2.48. The van der Waals surface area contributed by atoms with Crippen LogP contribution in [0, 0.1) is 23.7 Å². The first-order chi connectivity index (χ1) is 7.22. The topological polar surface area (TPSA) is 44.8 Å². The summed E-state index contributed by atoms with van der Waals surface area (Å²) in [5.41, 5.74) is 0. The van der Waals surface area contributed by atoms with Crippen LogP contribution in [0.2, 0.25) is 0 Å². The molecule has 1 aliphatic heterocycles. The molecule has 15 heavy (non-hydrogen) atoms. The van der Waals surface area contributed by atoms with E-state index in [2.05, 4.69) is 12.2 Å². The number of fused-ring (bicyclic) bond motifs is 5. The van der Waals surface area contributed by atoms with Crippen molar-refractivity contribution in [3.05, 3.63) is 12.2 Å². The summed E-state index contributed by atoms with van der Waals surface area (Å²) in [6, 6.07) is 0. The van der Waals surface area contributed by atoms with Gasteiger partial charge in [-0.3, -0.25) is 13.6 Å². The van der Waals surface area contributed by atoms with E-state index in [0.717, 1.165) is 0 Å². The van der Waals surface area contributed by atoms with Crippen LogP contribution in [0.5, 0.6) is 0 Å². The van der Waals surface area contributed by atoms with E-state index in [9.17, 15) is 4.57 Å². The van der Waals surface area contributed by atoms with Gasteiger partial charge in [0, 0.05) is 7.11 Å². The third-order valence-electron chi connectivity index (χ3n) is 3.87. The predicted octanol–water partition coefficient (Wildman–Crippen LogP) is 2.23. The number of hydrogen-bond donors (Lipinski definition) is 0.